The number of fused-ring (bicyclic) bond motifs is 1. The highest BCUT2D eigenvalue weighted by molar-refractivity contribution is 9.10. The lowest BCUT2D eigenvalue weighted by Crippen LogP contribution is -2.05. The Morgan fingerprint density at radius 3 is 2.07 bits per heavy atom. The standard InChI is InChI=1S/C22H19BrO4/c1-3-26-21(24)18-13-19(22(25)27-4-2)20-16(18)11-10-15(23)12-17(20)14-8-6-5-7-9-14/h5-13H,3-4H2,1-2H3. The summed E-state index contributed by atoms with van der Waals surface area (Å²) >= 11 is 3.53. The number of ether oxygens (including phenoxy) is 2. The zero-order valence-electron chi connectivity index (χ0n) is 15.1. The third kappa shape index (κ3) is 3.88. The van der Waals surface area contributed by atoms with Crippen LogP contribution in [0.25, 0.3) is 22.3 Å². The van der Waals surface area contributed by atoms with Gasteiger partial charge in [0.15, 0.2) is 0 Å². The fraction of sp³-hybridized carbons (Fsp3) is 0.182. The van der Waals surface area contributed by atoms with Gasteiger partial charge in [0.1, 0.15) is 0 Å². The average Bonchev–Trinajstić information content (AvgIpc) is 2.96. The second-order valence-corrected chi connectivity index (χ2v) is 6.76. The highest BCUT2D eigenvalue weighted by atomic mass is 79.9. The van der Waals surface area contributed by atoms with Crippen molar-refractivity contribution in [2.75, 3.05) is 13.2 Å². The molecule has 3 rings (SSSR count). The zero-order valence-corrected chi connectivity index (χ0v) is 16.7. The number of hydrogen-bond donors (Lipinski definition) is 0. The monoisotopic (exact) mass is 426 g/mol. The molecule has 2 aliphatic rings. The van der Waals surface area contributed by atoms with Gasteiger partial charge < -0.3 is 9.47 Å². The van der Waals surface area contributed by atoms with Gasteiger partial charge in [0, 0.05) is 10.0 Å². The molecule has 0 aromatic heterocycles. The van der Waals surface area contributed by atoms with E-state index in [1.54, 1.807) is 19.9 Å². The highest BCUT2D eigenvalue weighted by Gasteiger charge is 2.28. The van der Waals surface area contributed by atoms with Crippen LogP contribution in [-0.4, -0.2) is 25.2 Å². The summed E-state index contributed by atoms with van der Waals surface area (Å²) in [6.07, 6.45) is 0. The summed E-state index contributed by atoms with van der Waals surface area (Å²) in [7, 11) is 0. The first kappa shape index (κ1) is 19.1. The van der Waals surface area contributed by atoms with Crippen LogP contribution in [0.15, 0.2) is 59.1 Å². The molecule has 27 heavy (non-hydrogen) atoms. The fourth-order valence-electron chi connectivity index (χ4n) is 3.05. The van der Waals surface area contributed by atoms with Gasteiger partial charge in [0.25, 0.3) is 0 Å². The molecule has 0 bridgehead atoms. The topological polar surface area (TPSA) is 52.6 Å². The summed E-state index contributed by atoms with van der Waals surface area (Å²) in [6.45, 7) is 4.02. The van der Waals surface area contributed by atoms with E-state index in [1.165, 1.54) is 0 Å². The summed E-state index contributed by atoms with van der Waals surface area (Å²) in [6, 6.07) is 16.9. The van der Waals surface area contributed by atoms with E-state index in [0.29, 0.717) is 22.3 Å². The summed E-state index contributed by atoms with van der Waals surface area (Å²) < 4.78 is 11.3. The van der Waals surface area contributed by atoms with Crippen LogP contribution in [0.5, 0.6) is 0 Å². The summed E-state index contributed by atoms with van der Waals surface area (Å²) in [5.74, 6) is -0.920. The van der Waals surface area contributed by atoms with Crippen molar-refractivity contribution in [1.29, 1.82) is 0 Å². The lowest BCUT2D eigenvalue weighted by atomic mass is 9.96. The number of hydrogen-bond acceptors (Lipinski definition) is 4. The summed E-state index contributed by atoms with van der Waals surface area (Å²) in [5, 5.41) is 0. The van der Waals surface area contributed by atoms with Gasteiger partial charge in [0.2, 0.25) is 0 Å². The molecule has 0 N–H and O–H groups in total. The van der Waals surface area contributed by atoms with Crippen molar-refractivity contribution in [3.63, 3.8) is 0 Å². The van der Waals surface area contributed by atoms with E-state index in [0.717, 1.165) is 15.6 Å². The zero-order chi connectivity index (χ0) is 19.4. The Balaban J connectivity index is 2.34. The van der Waals surface area contributed by atoms with Crippen molar-refractivity contribution in [3.05, 3.63) is 70.2 Å². The molecule has 0 aliphatic heterocycles. The molecule has 0 spiro atoms. The van der Waals surface area contributed by atoms with Gasteiger partial charge in [-0.15, -0.1) is 0 Å². The van der Waals surface area contributed by atoms with Gasteiger partial charge in [-0.2, -0.15) is 0 Å². The van der Waals surface area contributed by atoms with Crippen molar-refractivity contribution < 1.29 is 19.1 Å². The molecule has 0 heterocycles. The number of carbonyl (C=O) groups excluding carboxylic acids is 2. The first-order valence-corrected chi connectivity index (χ1v) is 9.52. The van der Waals surface area contributed by atoms with Crippen LogP contribution in [0.3, 0.4) is 0 Å². The van der Waals surface area contributed by atoms with Gasteiger partial charge in [-0.3, -0.25) is 0 Å². The minimum Gasteiger partial charge on any atom is -0.462 e. The molecule has 138 valence electrons. The Hall–Kier alpha value is -2.66. The largest absolute Gasteiger partial charge is 0.462 e. The van der Waals surface area contributed by atoms with Gasteiger partial charge in [0.05, 0.1) is 24.3 Å². The maximum atomic E-state index is 12.6. The fourth-order valence-corrected chi connectivity index (χ4v) is 3.41. The predicted octanol–water partition coefficient (Wildman–Crippen LogP) is 5.57. The first-order valence-electron chi connectivity index (χ1n) is 8.72. The first-order chi connectivity index (χ1) is 13.1. The predicted molar refractivity (Wildman–Crippen MR) is 108 cm³/mol. The quantitative estimate of drug-likeness (QED) is 0.500. The van der Waals surface area contributed by atoms with Crippen LogP contribution < -0.4 is 0 Å². The van der Waals surface area contributed by atoms with Crippen molar-refractivity contribution in [1.82, 2.24) is 0 Å². The van der Waals surface area contributed by atoms with E-state index in [1.807, 2.05) is 48.5 Å². The van der Waals surface area contributed by atoms with Crippen LogP contribution in [0.4, 0.5) is 0 Å². The Kier molecular flexibility index (Phi) is 5.91. The lowest BCUT2D eigenvalue weighted by Gasteiger charge is -2.09. The Bertz CT molecular complexity index is 950. The van der Waals surface area contributed by atoms with Crippen LogP contribution in [0, 0.1) is 0 Å². The van der Waals surface area contributed by atoms with Crippen LogP contribution in [-0.2, 0) is 9.47 Å². The minimum absolute atomic E-state index is 0.254. The molecule has 5 heteroatoms. The number of rotatable bonds is 5. The van der Waals surface area contributed by atoms with Gasteiger partial charge in [-0.25, -0.2) is 9.59 Å². The molecule has 0 saturated heterocycles. The van der Waals surface area contributed by atoms with Gasteiger partial charge in [-0.05, 0) is 48.7 Å². The maximum Gasteiger partial charge on any atom is 0.338 e. The Labute approximate surface area is 166 Å². The van der Waals surface area contributed by atoms with Crippen molar-refractivity contribution in [3.8, 4) is 22.3 Å². The smallest absolute Gasteiger partial charge is 0.338 e. The Morgan fingerprint density at radius 1 is 0.815 bits per heavy atom. The number of benzene rings is 1. The van der Waals surface area contributed by atoms with Gasteiger partial charge >= 0.3 is 11.9 Å². The molecule has 1 aromatic rings. The van der Waals surface area contributed by atoms with Crippen LogP contribution >= 0.6 is 15.9 Å². The molecule has 2 aliphatic carbocycles. The second-order valence-electron chi connectivity index (χ2n) is 5.84. The van der Waals surface area contributed by atoms with Crippen LogP contribution in [0.2, 0.25) is 0 Å². The van der Waals surface area contributed by atoms with E-state index in [4.69, 9.17) is 9.47 Å². The molecule has 0 fully saturated rings. The van der Waals surface area contributed by atoms with Crippen LogP contribution in [0.1, 0.15) is 34.6 Å². The number of esters is 2. The molecule has 0 radical (unpaired) electrons. The van der Waals surface area contributed by atoms with Crippen molar-refractivity contribution in [2.24, 2.45) is 0 Å². The van der Waals surface area contributed by atoms with E-state index in [2.05, 4.69) is 15.9 Å². The molecule has 1 aromatic carbocycles. The van der Waals surface area contributed by atoms with E-state index in [-0.39, 0.29) is 13.2 Å². The molecular formula is C22H19BrO4. The molecule has 0 unspecified atom stereocenters. The SMILES string of the molecule is CCOC(=O)c1cc(C(=O)OCC)c2c(-c3ccccc3)cc(Br)ccc1-2. The number of halogens is 1. The Morgan fingerprint density at radius 2 is 1.44 bits per heavy atom. The summed E-state index contributed by atoms with van der Waals surface area (Å²) in [4.78, 5) is 25.1. The molecule has 0 saturated carbocycles. The second kappa shape index (κ2) is 8.35. The van der Waals surface area contributed by atoms with E-state index in [9.17, 15) is 9.59 Å². The lowest BCUT2D eigenvalue weighted by molar-refractivity contribution is 0.0525. The van der Waals surface area contributed by atoms with E-state index >= 15 is 0 Å². The maximum absolute atomic E-state index is 12.6. The molecular weight excluding hydrogens is 408 g/mol. The molecule has 0 amide bonds. The van der Waals surface area contributed by atoms with Gasteiger partial charge in [-0.1, -0.05) is 52.3 Å². The van der Waals surface area contributed by atoms with E-state index < -0.39 is 11.9 Å². The molecule has 4 nitrogen and oxygen atoms in total. The van der Waals surface area contributed by atoms with Crippen molar-refractivity contribution in [2.45, 2.75) is 13.8 Å². The highest BCUT2D eigenvalue weighted by Crippen LogP contribution is 2.41. The summed E-state index contributed by atoms with van der Waals surface area (Å²) in [5.41, 5.74) is 3.81. The number of carbonyl (C=O) groups is 2. The minimum atomic E-state index is -0.461. The van der Waals surface area contributed by atoms with Crippen molar-refractivity contribution >= 4 is 27.9 Å². The molecule has 0 atom stereocenters. The normalized spacial score (nSPS) is 10.6. The average molecular weight is 427 g/mol. The third-order valence-electron chi connectivity index (χ3n) is 4.15. The third-order valence-corrected chi connectivity index (χ3v) is 4.65.